The number of hydrogen-bond acceptors (Lipinski definition) is 6. The molecule has 0 aromatic heterocycles. The summed E-state index contributed by atoms with van der Waals surface area (Å²) in [6.45, 7) is 11.0. The van der Waals surface area contributed by atoms with Gasteiger partial charge in [-0.1, -0.05) is 31.6 Å². The molecule has 31 heavy (non-hydrogen) atoms. The van der Waals surface area contributed by atoms with Gasteiger partial charge in [0.15, 0.2) is 11.6 Å². The van der Waals surface area contributed by atoms with Gasteiger partial charge in [0.1, 0.15) is 23.0 Å². The van der Waals surface area contributed by atoms with E-state index in [1.54, 1.807) is 39.0 Å². The standard InChI is InChI=1S/C25H30O6/c1-7-24(5)11-10-18(15(4)21(27)19(26)12-14(2)3)25(24)22(28)17-9-8-16(30-6)13-20(17)31-23(25)29/h7-9,12-13,15,18-19,26H,1,10-11H2,2-6H3/t15-,18-,19-,24+,25+/m1/s1. The van der Waals surface area contributed by atoms with Gasteiger partial charge in [-0.3, -0.25) is 14.4 Å². The maximum absolute atomic E-state index is 13.9. The van der Waals surface area contributed by atoms with Crippen LogP contribution in [0, 0.1) is 22.7 Å². The molecule has 1 aliphatic heterocycles. The zero-order chi connectivity index (χ0) is 23.1. The number of fused-ring (bicyclic) bond motifs is 1. The number of carbonyl (C=O) groups is 3. The van der Waals surface area contributed by atoms with Crippen LogP contribution in [-0.2, 0) is 9.59 Å². The Morgan fingerprint density at radius 2 is 2.03 bits per heavy atom. The topological polar surface area (TPSA) is 89.9 Å². The average molecular weight is 427 g/mol. The molecule has 1 N–H and O–H groups in total. The Morgan fingerprint density at radius 3 is 2.61 bits per heavy atom. The number of benzene rings is 1. The van der Waals surface area contributed by atoms with E-state index in [1.165, 1.54) is 19.3 Å². The number of aliphatic hydroxyl groups is 1. The number of hydrogen-bond donors (Lipinski definition) is 1. The molecule has 0 bridgehead atoms. The first-order valence-electron chi connectivity index (χ1n) is 10.5. The molecule has 1 aromatic rings. The van der Waals surface area contributed by atoms with Crippen LogP contribution in [-0.4, -0.2) is 35.9 Å². The summed E-state index contributed by atoms with van der Waals surface area (Å²) in [5.41, 5.74) is -1.39. The van der Waals surface area contributed by atoms with Gasteiger partial charge in [0.05, 0.1) is 12.7 Å². The fraction of sp³-hybridized carbons (Fsp3) is 0.480. The van der Waals surface area contributed by atoms with Crippen LogP contribution in [0.3, 0.4) is 0 Å². The minimum absolute atomic E-state index is 0.153. The highest BCUT2D eigenvalue weighted by Gasteiger charge is 2.69. The molecule has 1 fully saturated rings. The third-order valence-electron chi connectivity index (χ3n) is 7.03. The van der Waals surface area contributed by atoms with Crippen LogP contribution in [0.15, 0.2) is 42.5 Å². The SMILES string of the molecule is C=C[C@@]1(C)CC[C@H]([C@@H](C)C(=O)[C@H](O)C=C(C)C)[C@]12C(=O)Oc1cc(OC)ccc1C2=O. The fourth-order valence-corrected chi connectivity index (χ4v) is 5.25. The second-order valence-electron chi connectivity index (χ2n) is 9.04. The molecule has 0 amide bonds. The van der Waals surface area contributed by atoms with Crippen molar-refractivity contribution in [1.29, 1.82) is 0 Å². The van der Waals surface area contributed by atoms with Gasteiger partial charge in [0, 0.05) is 17.4 Å². The zero-order valence-corrected chi connectivity index (χ0v) is 18.7. The number of Topliss-reactive ketones (excluding diaryl/α,β-unsaturated/α-hetero) is 2. The molecule has 1 spiro atoms. The lowest BCUT2D eigenvalue weighted by atomic mass is 9.56. The summed E-state index contributed by atoms with van der Waals surface area (Å²) in [4.78, 5) is 40.5. The smallest absolute Gasteiger partial charge is 0.326 e. The van der Waals surface area contributed by atoms with Gasteiger partial charge in [0.25, 0.3) is 0 Å². The molecule has 2 aliphatic rings. The van der Waals surface area contributed by atoms with Gasteiger partial charge < -0.3 is 14.6 Å². The van der Waals surface area contributed by atoms with Crippen molar-refractivity contribution in [1.82, 2.24) is 0 Å². The van der Waals surface area contributed by atoms with Crippen LogP contribution in [0.1, 0.15) is 50.9 Å². The molecule has 1 heterocycles. The minimum Gasteiger partial charge on any atom is -0.497 e. The molecule has 166 valence electrons. The van der Waals surface area contributed by atoms with E-state index in [4.69, 9.17) is 9.47 Å². The van der Waals surface area contributed by atoms with Gasteiger partial charge in [-0.2, -0.15) is 0 Å². The molecule has 0 unspecified atom stereocenters. The van der Waals surface area contributed by atoms with Crippen LogP contribution < -0.4 is 9.47 Å². The van der Waals surface area contributed by atoms with E-state index in [9.17, 15) is 19.5 Å². The summed E-state index contributed by atoms with van der Waals surface area (Å²) in [7, 11) is 1.49. The average Bonchev–Trinajstić information content (AvgIpc) is 3.04. The van der Waals surface area contributed by atoms with E-state index in [2.05, 4.69) is 6.58 Å². The second kappa shape index (κ2) is 8.08. The van der Waals surface area contributed by atoms with Crippen molar-refractivity contribution in [2.45, 2.75) is 46.6 Å². The lowest BCUT2D eigenvalue weighted by Gasteiger charge is -2.45. The number of ketones is 2. The minimum atomic E-state index is -1.59. The van der Waals surface area contributed by atoms with E-state index < -0.39 is 40.5 Å². The van der Waals surface area contributed by atoms with Crippen molar-refractivity contribution in [3.8, 4) is 11.5 Å². The van der Waals surface area contributed by atoms with Gasteiger partial charge in [0.2, 0.25) is 0 Å². The molecule has 1 saturated carbocycles. The summed E-state index contributed by atoms with van der Waals surface area (Å²) in [6.07, 6.45) is 2.78. The summed E-state index contributed by atoms with van der Waals surface area (Å²) in [5.74, 6) is -2.21. The molecule has 6 heteroatoms. The number of ether oxygens (including phenoxy) is 2. The first kappa shape index (κ1) is 22.9. The fourth-order valence-electron chi connectivity index (χ4n) is 5.25. The maximum Gasteiger partial charge on any atom is 0.326 e. The van der Waals surface area contributed by atoms with E-state index in [-0.39, 0.29) is 17.1 Å². The summed E-state index contributed by atoms with van der Waals surface area (Å²) in [5, 5.41) is 10.4. The monoisotopic (exact) mass is 426 g/mol. The van der Waals surface area contributed by atoms with Crippen LogP contribution in [0.25, 0.3) is 0 Å². The molecule has 1 aliphatic carbocycles. The van der Waals surface area contributed by atoms with E-state index in [1.807, 2.05) is 6.92 Å². The Balaban J connectivity index is 2.14. The summed E-state index contributed by atoms with van der Waals surface area (Å²) < 4.78 is 10.9. The van der Waals surface area contributed by atoms with Crippen molar-refractivity contribution >= 4 is 17.5 Å². The Kier molecular flexibility index (Phi) is 5.98. The predicted octanol–water partition coefficient (Wildman–Crippen LogP) is 3.92. The van der Waals surface area contributed by atoms with Gasteiger partial charge in [-0.25, -0.2) is 0 Å². The quantitative estimate of drug-likeness (QED) is 0.321. The van der Waals surface area contributed by atoms with E-state index in [0.717, 1.165) is 5.57 Å². The molecule has 0 radical (unpaired) electrons. The molecule has 6 nitrogen and oxygen atoms in total. The number of rotatable bonds is 6. The Morgan fingerprint density at radius 1 is 1.35 bits per heavy atom. The first-order valence-corrected chi connectivity index (χ1v) is 10.5. The van der Waals surface area contributed by atoms with Crippen molar-refractivity contribution in [2.75, 3.05) is 7.11 Å². The van der Waals surface area contributed by atoms with Crippen molar-refractivity contribution in [3.63, 3.8) is 0 Å². The molecule has 5 atom stereocenters. The number of methoxy groups -OCH3 is 1. The van der Waals surface area contributed by atoms with Gasteiger partial charge >= 0.3 is 5.97 Å². The maximum atomic E-state index is 13.9. The Labute approximate surface area is 182 Å². The van der Waals surface area contributed by atoms with Crippen LogP contribution in [0.2, 0.25) is 0 Å². The van der Waals surface area contributed by atoms with Gasteiger partial charge in [-0.05, 0) is 44.7 Å². The van der Waals surface area contributed by atoms with Gasteiger partial charge in [-0.15, -0.1) is 6.58 Å². The molecule has 1 aromatic carbocycles. The number of aliphatic hydroxyl groups excluding tert-OH is 1. The van der Waals surface area contributed by atoms with Crippen molar-refractivity contribution in [2.24, 2.45) is 22.7 Å². The van der Waals surface area contributed by atoms with Crippen molar-refractivity contribution in [3.05, 3.63) is 48.1 Å². The molecular weight excluding hydrogens is 396 g/mol. The summed E-state index contributed by atoms with van der Waals surface area (Å²) >= 11 is 0. The van der Waals surface area contributed by atoms with Crippen LogP contribution >= 0.6 is 0 Å². The highest BCUT2D eigenvalue weighted by molar-refractivity contribution is 6.18. The number of allylic oxidation sites excluding steroid dienone is 2. The molecule has 0 saturated heterocycles. The Bertz CT molecular complexity index is 972. The largest absolute Gasteiger partial charge is 0.497 e. The van der Waals surface area contributed by atoms with Crippen LogP contribution in [0.4, 0.5) is 0 Å². The lowest BCUT2D eigenvalue weighted by Crippen LogP contribution is -2.58. The van der Waals surface area contributed by atoms with E-state index in [0.29, 0.717) is 18.6 Å². The first-order chi connectivity index (χ1) is 14.5. The normalized spacial score (nSPS) is 29.0. The Hall–Kier alpha value is -2.73. The highest BCUT2D eigenvalue weighted by atomic mass is 16.5. The third kappa shape index (κ3) is 3.33. The number of esters is 1. The van der Waals surface area contributed by atoms with Crippen LogP contribution in [0.5, 0.6) is 11.5 Å². The zero-order valence-electron chi connectivity index (χ0n) is 18.7. The van der Waals surface area contributed by atoms with E-state index >= 15 is 0 Å². The predicted molar refractivity (Wildman–Crippen MR) is 116 cm³/mol. The number of carbonyl (C=O) groups excluding carboxylic acids is 3. The van der Waals surface area contributed by atoms with Crippen molar-refractivity contribution < 1.29 is 29.0 Å². The summed E-state index contributed by atoms with van der Waals surface area (Å²) in [6, 6.07) is 4.75. The molecular formula is C25H30O6. The second-order valence-corrected chi connectivity index (χ2v) is 9.04. The highest BCUT2D eigenvalue weighted by Crippen LogP contribution is 2.63. The molecule has 3 rings (SSSR count). The third-order valence-corrected chi connectivity index (χ3v) is 7.03. The lowest BCUT2D eigenvalue weighted by molar-refractivity contribution is -0.152.